The fourth-order valence-corrected chi connectivity index (χ4v) is 4.65. The zero-order chi connectivity index (χ0) is 26.7. The highest BCUT2D eigenvalue weighted by Crippen LogP contribution is 2.31. The molecule has 0 radical (unpaired) electrons. The van der Waals surface area contributed by atoms with E-state index in [1.165, 1.54) is 44.7 Å². The standard InChI is InChI=1S/C36H38N2/c1-5-12-28(6-2)32-15-11-16-33(27-32)36-17-8-7-13-31(36)14-9-10-26-37-34-22-18-29(19-23-34)30-20-24-35(25-21-30)38(3)4/h5-7,9-16,18-27,37H,8,17H2,1-4H3/b12-5-,14-9-,26-10+,28-6+. The number of allylic oxidation sites excluding steroid dienone is 11. The van der Waals surface area contributed by atoms with Crippen LogP contribution >= 0.6 is 0 Å². The number of hydrogen-bond donors (Lipinski definition) is 1. The van der Waals surface area contributed by atoms with E-state index >= 15 is 0 Å². The van der Waals surface area contributed by atoms with Crippen LogP contribution in [0.25, 0.3) is 22.3 Å². The molecule has 0 aliphatic heterocycles. The van der Waals surface area contributed by atoms with Crippen molar-refractivity contribution in [2.24, 2.45) is 0 Å². The second-order valence-electron chi connectivity index (χ2n) is 9.58. The van der Waals surface area contributed by atoms with E-state index in [0.717, 1.165) is 18.5 Å². The number of nitrogens with one attached hydrogen (secondary N) is 1. The molecule has 0 saturated heterocycles. The van der Waals surface area contributed by atoms with E-state index in [2.05, 4.69) is 160 Å². The number of nitrogens with zero attached hydrogens (tertiary/aromatic N) is 1. The molecule has 0 spiro atoms. The molecule has 38 heavy (non-hydrogen) atoms. The predicted molar refractivity (Wildman–Crippen MR) is 168 cm³/mol. The van der Waals surface area contributed by atoms with Crippen molar-refractivity contribution in [2.45, 2.75) is 26.7 Å². The topological polar surface area (TPSA) is 15.3 Å². The molecule has 2 heteroatoms. The van der Waals surface area contributed by atoms with Gasteiger partial charge in [0, 0.05) is 31.7 Å². The number of hydrogen-bond acceptors (Lipinski definition) is 2. The summed E-state index contributed by atoms with van der Waals surface area (Å²) in [7, 11) is 4.12. The summed E-state index contributed by atoms with van der Waals surface area (Å²) in [5, 5.41) is 3.38. The van der Waals surface area contributed by atoms with E-state index in [-0.39, 0.29) is 0 Å². The minimum atomic E-state index is 1.06. The summed E-state index contributed by atoms with van der Waals surface area (Å²) in [6, 6.07) is 26.1. The van der Waals surface area contributed by atoms with Crippen molar-refractivity contribution < 1.29 is 0 Å². The van der Waals surface area contributed by atoms with E-state index in [9.17, 15) is 0 Å². The van der Waals surface area contributed by atoms with Gasteiger partial charge in [-0.15, -0.1) is 0 Å². The van der Waals surface area contributed by atoms with E-state index in [0.29, 0.717) is 0 Å². The molecule has 4 rings (SSSR count). The lowest BCUT2D eigenvalue weighted by atomic mass is 9.89. The van der Waals surface area contributed by atoms with Crippen LogP contribution in [0.3, 0.4) is 0 Å². The molecule has 2 nitrogen and oxygen atoms in total. The van der Waals surface area contributed by atoms with Crippen LogP contribution in [0.4, 0.5) is 11.4 Å². The molecule has 0 saturated carbocycles. The summed E-state index contributed by atoms with van der Waals surface area (Å²) in [6.07, 6.45) is 21.4. The average Bonchev–Trinajstić information content (AvgIpc) is 2.96. The monoisotopic (exact) mass is 498 g/mol. The molecule has 192 valence electrons. The normalized spacial score (nSPS) is 14.3. The van der Waals surface area contributed by atoms with Gasteiger partial charge in [-0.1, -0.05) is 85.0 Å². The molecule has 0 heterocycles. The van der Waals surface area contributed by atoms with Crippen LogP contribution in [-0.4, -0.2) is 14.1 Å². The van der Waals surface area contributed by atoms with Crippen LogP contribution in [0.5, 0.6) is 0 Å². The van der Waals surface area contributed by atoms with E-state index < -0.39 is 0 Å². The third kappa shape index (κ3) is 6.92. The maximum absolute atomic E-state index is 3.38. The minimum Gasteiger partial charge on any atom is -0.378 e. The van der Waals surface area contributed by atoms with Crippen molar-refractivity contribution in [2.75, 3.05) is 24.3 Å². The molecule has 0 fully saturated rings. The first kappa shape index (κ1) is 26.8. The molecule has 0 atom stereocenters. The van der Waals surface area contributed by atoms with Crippen molar-refractivity contribution in [1.29, 1.82) is 0 Å². The van der Waals surface area contributed by atoms with Crippen molar-refractivity contribution in [1.82, 2.24) is 0 Å². The van der Waals surface area contributed by atoms with Crippen LogP contribution in [-0.2, 0) is 0 Å². The first-order chi connectivity index (χ1) is 18.6. The zero-order valence-electron chi connectivity index (χ0n) is 23.0. The summed E-state index contributed by atoms with van der Waals surface area (Å²) in [4.78, 5) is 2.11. The highest BCUT2D eigenvalue weighted by Gasteiger charge is 2.10. The van der Waals surface area contributed by atoms with Gasteiger partial charge in [-0.2, -0.15) is 0 Å². The lowest BCUT2D eigenvalue weighted by Crippen LogP contribution is -2.07. The van der Waals surface area contributed by atoms with Gasteiger partial charge < -0.3 is 10.2 Å². The molecule has 3 aromatic carbocycles. The second-order valence-corrected chi connectivity index (χ2v) is 9.58. The van der Waals surface area contributed by atoms with Crippen molar-refractivity contribution in [3.05, 3.63) is 144 Å². The van der Waals surface area contributed by atoms with Crippen molar-refractivity contribution in [3.8, 4) is 11.1 Å². The average molecular weight is 499 g/mol. The first-order valence-electron chi connectivity index (χ1n) is 13.4. The van der Waals surface area contributed by atoms with E-state index in [4.69, 9.17) is 0 Å². The third-order valence-electron chi connectivity index (χ3n) is 6.74. The summed E-state index contributed by atoms with van der Waals surface area (Å²) in [5.74, 6) is 0. The molecule has 0 aromatic heterocycles. The van der Waals surface area contributed by atoms with E-state index in [1.54, 1.807) is 0 Å². The van der Waals surface area contributed by atoms with Gasteiger partial charge in [0.2, 0.25) is 0 Å². The molecule has 3 aromatic rings. The Balaban J connectivity index is 1.42. The third-order valence-corrected chi connectivity index (χ3v) is 6.74. The highest BCUT2D eigenvalue weighted by molar-refractivity contribution is 5.80. The number of anilines is 2. The Morgan fingerprint density at radius 1 is 0.842 bits per heavy atom. The van der Waals surface area contributed by atoms with Gasteiger partial charge in [-0.25, -0.2) is 0 Å². The maximum atomic E-state index is 3.38. The SMILES string of the molecule is C/C=C\C(=C/C)c1cccc(C2=C(/C=C\C=C\Nc3ccc(-c4ccc(N(C)C)cc4)cc3)C=CCC2)c1. The summed E-state index contributed by atoms with van der Waals surface area (Å²) in [5.41, 5.74) is 11.2. The maximum Gasteiger partial charge on any atom is 0.0380 e. The van der Waals surface area contributed by atoms with Crippen LogP contribution in [0.1, 0.15) is 37.8 Å². The van der Waals surface area contributed by atoms with Crippen molar-refractivity contribution in [3.63, 3.8) is 0 Å². The Bertz CT molecular complexity index is 1390. The van der Waals surface area contributed by atoms with Gasteiger partial charge in [-0.3, -0.25) is 0 Å². The Hall–Kier alpha value is -4.30. The fourth-order valence-electron chi connectivity index (χ4n) is 4.65. The Morgan fingerprint density at radius 3 is 2.26 bits per heavy atom. The Morgan fingerprint density at radius 2 is 1.58 bits per heavy atom. The van der Waals surface area contributed by atoms with Gasteiger partial charge in [0.1, 0.15) is 0 Å². The number of benzene rings is 3. The quantitative estimate of drug-likeness (QED) is 0.295. The molecule has 0 amide bonds. The van der Waals surface area contributed by atoms with Gasteiger partial charge in [0.05, 0.1) is 0 Å². The first-order valence-corrected chi connectivity index (χ1v) is 13.4. The molecule has 1 aliphatic rings. The molecular weight excluding hydrogens is 460 g/mol. The smallest absolute Gasteiger partial charge is 0.0380 e. The fraction of sp³-hybridized carbons (Fsp3) is 0.167. The van der Waals surface area contributed by atoms with Crippen LogP contribution in [0.2, 0.25) is 0 Å². The second kappa shape index (κ2) is 13.3. The van der Waals surface area contributed by atoms with Crippen LogP contribution < -0.4 is 10.2 Å². The summed E-state index contributed by atoms with van der Waals surface area (Å²) >= 11 is 0. The Kier molecular flexibility index (Phi) is 9.37. The van der Waals surface area contributed by atoms with Gasteiger partial charge in [0.25, 0.3) is 0 Å². The van der Waals surface area contributed by atoms with Gasteiger partial charge in [-0.05, 0) is 102 Å². The summed E-state index contributed by atoms with van der Waals surface area (Å²) in [6.45, 7) is 4.16. The predicted octanol–water partition coefficient (Wildman–Crippen LogP) is 9.68. The number of rotatable bonds is 9. The highest BCUT2D eigenvalue weighted by atomic mass is 15.1. The van der Waals surface area contributed by atoms with Gasteiger partial charge >= 0.3 is 0 Å². The van der Waals surface area contributed by atoms with Crippen molar-refractivity contribution >= 4 is 22.5 Å². The lowest BCUT2D eigenvalue weighted by molar-refractivity contribution is 1.04. The zero-order valence-corrected chi connectivity index (χ0v) is 23.0. The minimum absolute atomic E-state index is 1.06. The van der Waals surface area contributed by atoms with E-state index in [1.807, 2.05) is 6.20 Å². The van der Waals surface area contributed by atoms with Gasteiger partial charge in [0.15, 0.2) is 0 Å². The molecule has 1 aliphatic carbocycles. The van der Waals surface area contributed by atoms with Crippen LogP contribution in [0.15, 0.2) is 133 Å². The lowest BCUT2D eigenvalue weighted by Gasteiger charge is -2.15. The van der Waals surface area contributed by atoms with Crippen LogP contribution in [0, 0.1) is 0 Å². The molecule has 0 bridgehead atoms. The molecule has 1 N–H and O–H groups in total. The largest absolute Gasteiger partial charge is 0.378 e. The summed E-state index contributed by atoms with van der Waals surface area (Å²) < 4.78 is 0. The molecule has 0 unspecified atom stereocenters. The Labute approximate surface area is 228 Å². The molecular formula is C36H38N2.